The first-order valence-corrected chi connectivity index (χ1v) is 9.35. The molecule has 2 aromatic rings. The zero-order chi connectivity index (χ0) is 19.2. The third-order valence-corrected chi connectivity index (χ3v) is 4.85. The number of likely N-dealkylation sites (N-methyl/N-ethyl adjacent to an activating group) is 1. The highest BCUT2D eigenvalue weighted by molar-refractivity contribution is 6.31. The Kier molecular flexibility index (Phi) is 6.42. The molecule has 0 radical (unpaired) electrons. The highest BCUT2D eigenvalue weighted by atomic mass is 35.5. The molecular formula is C20H25ClN3O3+. The molecule has 1 saturated heterocycles. The van der Waals surface area contributed by atoms with Gasteiger partial charge < -0.3 is 24.6 Å². The van der Waals surface area contributed by atoms with Crippen LogP contribution in [-0.4, -0.2) is 52.9 Å². The van der Waals surface area contributed by atoms with E-state index in [1.54, 1.807) is 37.4 Å². The quantitative estimate of drug-likeness (QED) is 0.788. The minimum atomic E-state index is -0.228. The molecule has 27 heavy (non-hydrogen) atoms. The number of hydrogen-bond donors (Lipinski definition) is 2. The van der Waals surface area contributed by atoms with E-state index in [0.717, 1.165) is 37.6 Å². The fourth-order valence-electron chi connectivity index (χ4n) is 3.02. The third-order valence-electron chi connectivity index (χ3n) is 4.62. The van der Waals surface area contributed by atoms with Crippen molar-refractivity contribution in [2.45, 2.75) is 0 Å². The first-order valence-electron chi connectivity index (χ1n) is 8.97. The van der Waals surface area contributed by atoms with Crippen molar-refractivity contribution in [3.63, 3.8) is 0 Å². The molecule has 0 aromatic heterocycles. The number of rotatable bonds is 6. The van der Waals surface area contributed by atoms with Crippen LogP contribution in [0.25, 0.3) is 0 Å². The Morgan fingerprint density at radius 1 is 1.15 bits per heavy atom. The van der Waals surface area contributed by atoms with Crippen LogP contribution in [0.3, 0.4) is 0 Å². The maximum atomic E-state index is 12.4. The average molecular weight is 391 g/mol. The van der Waals surface area contributed by atoms with Crippen LogP contribution < -0.4 is 24.6 Å². The Morgan fingerprint density at radius 2 is 1.81 bits per heavy atom. The molecule has 1 heterocycles. The van der Waals surface area contributed by atoms with Crippen LogP contribution in [0.15, 0.2) is 42.5 Å². The van der Waals surface area contributed by atoms with Gasteiger partial charge in [0.1, 0.15) is 11.5 Å². The standard InChI is InChI=1S/C20H24ClN3O3/c1-23-9-11-24(12-10-23)19-8-3-15(21)13-18(19)22-20(25)14-27-17-6-4-16(26-2)5-7-17/h3-8,13H,9-12,14H2,1-2H3,(H,22,25)/p+1. The molecule has 0 bridgehead atoms. The number of amides is 1. The summed E-state index contributed by atoms with van der Waals surface area (Å²) in [5.74, 6) is 1.12. The number of halogens is 1. The number of nitrogens with zero attached hydrogens (tertiary/aromatic N) is 1. The lowest BCUT2D eigenvalue weighted by atomic mass is 10.2. The summed E-state index contributed by atoms with van der Waals surface area (Å²) in [6, 6.07) is 12.7. The number of piperazine rings is 1. The van der Waals surface area contributed by atoms with Crippen LogP contribution in [0.5, 0.6) is 11.5 Å². The molecule has 0 aliphatic carbocycles. The molecule has 144 valence electrons. The van der Waals surface area contributed by atoms with E-state index in [1.165, 1.54) is 4.90 Å². The third kappa shape index (κ3) is 5.28. The van der Waals surface area contributed by atoms with Crippen molar-refractivity contribution < 1.29 is 19.2 Å². The van der Waals surface area contributed by atoms with E-state index in [2.05, 4.69) is 17.3 Å². The number of carbonyl (C=O) groups excluding carboxylic acids is 1. The number of ether oxygens (including phenoxy) is 2. The van der Waals surface area contributed by atoms with E-state index in [9.17, 15) is 4.79 Å². The molecule has 1 aliphatic rings. The first kappa shape index (κ1) is 19.3. The van der Waals surface area contributed by atoms with Gasteiger partial charge in [-0.1, -0.05) is 11.6 Å². The Balaban J connectivity index is 1.63. The molecule has 2 aromatic carbocycles. The smallest absolute Gasteiger partial charge is 0.262 e. The second-order valence-corrected chi connectivity index (χ2v) is 7.05. The maximum absolute atomic E-state index is 12.4. The van der Waals surface area contributed by atoms with Gasteiger partial charge in [0.2, 0.25) is 0 Å². The zero-order valence-electron chi connectivity index (χ0n) is 15.6. The molecule has 1 amide bonds. The number of anilines is 2. The normalized spacial score (nSPS) is 14.7. The lowest BCUT2D eigenvalue weighted by molar-refractivity contribution is -0.880. The number of nitrogens with one attached hydrogen (secondary N) is 2. The fraction of sp³-hybridized carbons (Fsp3) is 0.350. The average Bonchev–Trinajstić information content (AvgIpc) is 2.68. The van der Waals surface area contributed by atoms with E-state index < -0.39 is 0 Å². The van der Waals surface area contributed by atoms with Gasteiger partial charge in [-0.3, -0.25) is 4.79 Å². The summed E-state index contributed by atoms with van der Waals surface area (Å²) in [4.78, 5) is 16.2. The Morgan fingerprint density at radius 3 is 2.48 bits per heavy atom. The van der Waals surface area contributed by atoms with E-state index >= 15 is 0 Å². The van der Waals surface area contributed by atoms with Crippen molar-refractivity contribution in [1.82, 2.24) is 0 Å². The van der Waals surface area contributed by atoms with Gasteiger partial charge in [0.25, 0.3) is 5.91 Å². The summed E-state index contributed by atoms with van der Waals surface area (Å²) in [5.41, 5.74) is 1.70. The SMILES string of the molecule is COc1ccc(OCC(=O)Nc2cc(Cl)ccc2N2CC[NH+](C)CC2)cc1. The highest BCUT2D eigenvalue weighted by Gasteiger charge is 2.20. The second kappa shape index (κ2) is 8.97. The number of carbonyl (C=O) groups is 1. The molecule has 1 fully saturated rings. The van der Waals surface area contributed by atoms with E-state index in [-0.39, 0.29) is 12.5 Å². The maximum Gasteiger partial charge on any atom is 0.262 e. The molecule has 0 spiro atoms. The van der Waals surface area contributed by atoms with Gasteiger partial charge in [0.15, 0.2) is 6.61 Å². The van der Waals surface area contributed by atoms with Crippen molar-refractivity contribution >= 4 is 28.9 Å². The number of hydrogen-bond acceptors (Lipinski definition) is 4. The topological polar surface area (TPSA) is 55.2 Å². The minimum absolute atomic E-state index is 0.0782. The molecule has 0 atom stereocenters. The fourth-order valence-corrected chi connectivity index (χ4v) is 3.19. The van der Waals surface area contributed by atoms with Gasteiger partial charge >= 0.3 is 0 Å². The van der Waals surface area contributed by atoms with E-state index in [1.807, 2.05) is 12.1 Å². The molecule has 0 saturated carbocycles. The predicted molar refractivity (Wildman–Crippen MR) is 107 cm³/mol. The van der Waals surface area contributed by atoms with Gasteiger partial charge in [-0.25, -0.2) is 0 Å². The van der Waals surface area contributed by atoms with Crippen molar-refractivity contribution in [3.8, 4) is 11.5 Å². The van der Waals surface area contributed by atoms with Crippen LogP contribution >= 0.6 is 11.6 Å². The monoisotopic (exact) mass is 390 g/mol. The highest BCUT2D eigenvalue weighted by Crippen LogP contribution is 2.29. The van der Waals surface area contributed by atoms with Crippen LogP contribution in [0.2, 0.25) is 5.02 Å². The van der Waals surface area contributed by atoms with Crippen molar-refractivity contribution in [1.29, 1.82) is 0 Å². The second-order valence-electron chi connectivity index (χ2n) is 6.62. The van der Waals surface area contributed by atoms with Crippen molar-refractivity contribution in [3.05, 3.63) is 47.5 Å². The van der Waals surface area contributed by atoms with Gasteiger partial charge in [-0.2, -0.15) is 0 Å². The molecule has 2 N–H and O–H groups in total. The van der Waals surface area contributed by atoms with E-state index in [0.29, 0.717) is 16.5 Å². The van der Waals surface area contributed by atoms with Gasteiger partial charge in [0, 0.05) is 5.02 Å². The Hall–Kier alpha value is -2.44. The summed E-state index contributed by atoms with van der Waals surface area (Å²) in [5, 5.41) is 3.52. The van der Waals surface area contributed by atoms with Crippen molar-refractivity contribution in [2.75, 3.05) is 57.2 Å². The number of quaternary nitrogens is 1. The molecular weight excluding hydrogens is 366 g/mol. The van der Waals surface area contributed by atoms with Crippen LogP contribution in [0, 0.1) is 0 Å². The predicted octanol–water partition coefficient (Wildman–Crippen LogP) is 1.70. The minimum Gasteiger partial charge on any atom is -0.497 e. The summed E-state index contributed by atoms with van der Waals surface area (Å²) < 4.78 is 10.7. The van der Waals surface area contributed by atoms with Gasteiger partial charge in [0.05, 0.1) is 51.7 Å². The molecule has 7 heteroatoms. The van der Waals surface area contributed by atoms with Crippen molar-refractivity contribution in [2.24, 2.45) is 0 Å². The van der Waals surface area contributed by atoms with E-state index in [4.69, 9.17) is 21.1 Å². The number of methoxy groups -OCH3 is 1. The van der Waals surface area contributed by atoms with Crippen LogP contribution in [-0.2, 0) is 4.79 Å². The largest absolute Gasteiger partial charge is 0.497 e. The zero-order valence-corrected chi connectivity index (χ0v) is 16.4. The first-order chi connectivity index (χ1) is 13.0. The summed E-state index contributed by atoms with van der Waals surface area (Å²) in [6.45, 7) is 3.94. The van der Waals surface area contributed by atoms with Crippen LogP contribution in [0.4, 0.5) is 11.4 Å². The Bertz CT molecular complexity index is 775. The summed E-state index contributed by atoms with van der Waals surface area (Å²) >= 11 is 6.15. The van der Waals surface area contributed by atoms with Crippen LogP contribution in [0.1, 0.15) is 0 Å². The number of benzene rings is 2. The Labute approximate surface area is 164 Å². The lowest BCUT2D eigenvalue weighted by Gasteiger charge is -2.33. The molecule has 0 unspecified atom stereocenters. The van der Waals surface area contributed by atoms with Gasteiger partial charge in [-0.15, -0.1) is 0 Å². The molecule has 6 nitrogen and oxygen atoms in total. The molecule has 1 aliphatic heterocycles. The summed E-state index contributed by atoms with van der Waals surface area (Å²) in [6.07, 6.45) is 0. The molecule has 3 rings (SSSR count). The lowest BCUT2D eigenvalue weighted by Crippen LogP contribution is -3.12. The summed E-state index contributed by atoms with van der Waals surface area (Å²) in [7, 11) is 3.80. The van der Waals surface area contributed by atoms with Gasteiger partial charge in [-0.05, 0) is 42.5 Å².